The third kappa shape index (κ3) is 3.02. The van der Waals surface area contributed by atoms with Gasteiger partial charge < -0.3 is 25.6 Å². The number of aliphatic hydroxyl groups is 1. The molecule has 118 valence electrons. The lowest BCUT2D eigenvalue weighted by Crippen LogP contribution is -2.50. The standard InChI is InChI=1S/C16H21N3O3/c17-9-12-2-3-13(18)14(8-12)19-11-15(20)4-1-5-16(10-15)21-6-7-22-16/h2-3,8,19-20H,1,4-7,10-11,18H2. The maximum absolute atomic E-state index is 10.8. The van der Waals surface area contributed by atoms with Gasteiger partial charge in [-0.25, -0.2) is 0 Å². The van der Waals surface area contributed by atoms with Crippen LogP contribution in [0, 0.1) is 11.3 Å². The van der Waals surface area contributed by atoms with E-state index >= 15 is 0 Å². The zero-order chi connectivity index (χ0) is 15.6. The molecule has 1 saturated heterocycles. The van der Waals surface area contributed by atoms with E-state index in [-0.39, 0.29) is 0 Å². The summed E-state index contributed by atoms with van der Waals surface area (Å²) in [5.74, 6) is -0.630. The average Bonchev–Trinajstić information content (AvgIpc) is 2.94. The molecular formula is C16H21N3O3. The van der Waals surface area contributed by atoms with Crippen LogP contribution in [0.15, 0.2) is 18.2 Å². The summed E-state index contributed by atoms with van der Waals surface area (Å²) in [7, 11) is 0. The summed E-state index contributed by atoms with van der Waals surface area (Å²) < 4.78 is 11.4. The van der Waals surface area contributed by atoms with E-state index in [0.29, 0.717) is 49.5 Å². The van der Waals surface area contributed by atoms with Crippen LogP contribution in [-0.4, -0.2) is 36.3 Å². The highest BCUT2D eigenvalue weighted by Gasteiger charge is 2.47. The number of nitrogens with two attached hydrogens (primary N) is 1. The number of nitrogens with one attached hydrogen (secondary N) is 1. The van der Waals surface area contributed by atoms with E-state index in [2.05, 4.69) is 11.4 Å². The first-order valence-corrected chi connectivity index (χ1v) is 7.58. The fourth-order valence-electron chi connectivity index (χ4n) is 3.30. The summed E-state index contributed by atoms with van der Waals surface area (Å²) in [5.41, 5.74) is 6.77. The zero-order valence-corrected chi connectivity index (χ0v) is 12.5. The first-order valence-electron chi connectivity index (χ1n) is 7.58. The minimum absolute atomic E-state index is 0.348. The number of benzene rings is 1. The van der Waals surface area contributed by atoms with Crippen molar-refractivity contribution >= 4 is 11.4 Å². The van der Waals surface area contributed by atoms with E-state index in [9.17, 15) is 5.11 Å². The van der Waals surface area contributed by atoms with Gasteiger partial charge in [-0.15, -0.1) is 0 Å². The van der Waals surface area contributed by atoms with Crippen molar-refractivity contribution in [2.75, 3.05) is 30.8 Å². The topological polar surface area (TPSA) is 101 Å². The van der Waals surface area contributed by atoms with Crippen LogP contribution >= 0.6 is 0 Å². The largest absolute Gasteiger partial charge is 0.397 e. The lowest BCUT2D eigenvalue weighted by atomic mass is 9.80. The molecule has 1 heterocycles. The van der Waals surface area contributed by atoms with Crippen LogP contribution in [0.25, 0.3) is 0 Å². The molecule has 22 heavy (non-hydrogen) atoms. The van der Waals surface area contributed by atoms with Gasteiger partial charge in [0.1, 0.15) is 0 Å². The van der Waals surface area contributed by atoms with E-state index in [4.69, 9.17) is 20.5 Å². The van der Waals surface area contributed by atoms with Crippen molar-refractivity contribution in [3.63, 3.8) is 0 Å². The molecule has 3 rings (SSSR count). The first-order chi connectivity index (χ1) is 10.5. The van der Waals surface area contributed by atoms with E-state index in [1.807, 2.05) is 0 Å². The molecular weight excluding hydrogens is 282 g/mol. The SMILES string of the molecule is N#Cc1ccc(N)c(NCC2(O)CCCC3(C2)OCCO3)c1. The van der Waals surface area contributed by atoms with Crippen LogP contribution in [0.1, 0.15) is 31.2 Å². The van der Waals surface area contributed by atoms with Gasteiger partial charge in [-0.05, 0) is 31.0 Å². The van der Waals surface area contributed by atoms with Crippen molar-refractivity contribution in [2.45, 2.75) is 37.1 Å². The molecule has 1 aromatic rings. The number of nitriles is 1. The number of anilines is 2. The molecule has 1 aliphatic carbocycles. The Kier molecular flexibility index (Phi) is 3.96. The van der Waals surface area contributed by atoms with Crippen molar-refractivity contribution in [3.8, 4) is 6.07 Å². The maximum atomic E-state index is 10.8. The van der Waals surface area contributed by atoms with E-state index < -0.39 is 11.4 Å². The molecule has 1 atom stereocenters. The van der Waals surface area contributed by atoms with Crippen LogP contribution in [0.2, 0.25) is 0 Å². The Morgan fingerprint density at radius 2 is 2.09 bits per heavy atom. The van der Waals surface area contributed by atoms with E-state index in [1.54, 1.807) is 18.2 Å². The number of hydrogen-bond donors (Lipinski definition) is 3. The summed E-state index contributed by atoms with van der Waals surface area (Å²) in [6, 6.07) is 7.14. The monoisotopic (exact) mass is 303 g/mol. The number of rotatable bonds is 3. The lowest BCUT2D eigenvalue weighted by molar-refractivity contribution is -0.214. The van der Waals surface area contributed by atoms with Crippen LogP contribution in [0.5, 0.6) is 0 Å². The minimum atomic E-state index is -0.905. The maximum Gasteiger partial charge on any atom is 0.171 e. The van der Waals surface area contributed by atoms with Gasteiger partial charge in [0.2, 0.25) is 0 Å². The number of nitrogen functional groups attached to an aromatic ring is 1. The first kappa shape index (κ1) is 15.1. The highest BCUT2D eigenvalue weighted by atomic mass is 16.7. The predicted octanol–water partition coefficient (Wildman–Crippen LogP) is 1.60. The molecule has 1 spiro atoms. The van der Waals surface area contributed by atoms with Crippen molar-refractivity contribution in [3.05, 3.63) is 23.8 Å². The van der Waals surface area contributed by atoms with Gasteiger partial charge in [0, 0.05) is 19.4 Å². The Balaban J connectivity index is 1.69. The molecule has 6 nitrogen and oxygen atoms in total. The van der Waals surface area contributed by atoms with Crippen LogP contribution in [-0.2, 0) is 9.47 Å². The Bertz CT molecular complexity index is 593. The second-order valence-electron chi connectivity index (χ2n) is 6.13. The fraction of sp³-hybridized carbons (Fsp3) is 0.562. The molecule has 1 saturated carbocycles. The third-order valence-corrected chi connectivity index (χ3v) is 4.40. The molecule has 0 bridgehead atoms. The Morgan fingerprint density at radius 1 is 1.32 bits per heavy atom. The number of nitrogens with zero attached hydrogens (tertiary/aromatic N) is 1. The predicted molar refractivity (Wildman–Crippen MR) is 82.1 cm³/mol. The van der Waals surface area contributed by atoms with Gasteiger partial charge in [-0.2, -0.15) is 5.26 Å². The molecule has 2 aliphatic rings. The Hall–Kier alpha value is -1.81. The molecule has 0 aromatic heterocycles. The number of ether oxygens (including phenoxy) is 2. The summed E-state index contributed by atoms with van der Waals surface area (Å²) in [5, 5.41) is 23.0. The van der Waals surface area contributed by atoms with Crippen LogP contribution in [0.4, 0.5) is 11.4 Å². The minimum Gasteiger partial charge on any atom is -0.397 e. The smallest absolute Gasteiger partial charge is 0.171 e. The second kappa shape index (κ2) is 5.76. The van der Waals surface area contributed by atoms with Crippen molar-refractivity contribution < 1.29 is 14.6 Å². The van der Waals surface area contributed by atoms with Gasteiger partial charge in [-0.3, -0.25) is 0 Å². The van der Waals surface area contributed by atoms with Crippen LogP contribution < -0.4 is 11.1 Å². The van der Waals surface area contributed by atoms with Crippen molar-refractivity contribution in [2.24, 2.45) is 0 Å². The lowest BCUT2D eigenvalue weighted by Gasteiger charge is -2.42. The highest BCUT2D eigenvalue weighted by molar-refractivity contribution is 5.68. The molecule has 1 aliphatic heterocycles. The van der Waals surface area contributed by atoms with Gasteiger partial charge in [-0.1, -0.05) is 0 Å². The molecule has 0 radical (unpaired) electrons. The normalized spacial score (nSPS) is 26.7. The average molecular weight is 303 g/mol. The molecule has 1 unspecified atom stereocenters. The van der Waals surface area contributed by atoms with Crippen molar-refractivity contribution in [1.82, 2.24) is 0 Å². The Morgan fingerprint density at radius 3 is 2.82 bits per heavy atom. The third-order valence-electron chi connectivity index (χ3n) is 4.40. The summed E-state index contributed by atoms with van der Waals surface area (Å²) in [6.45, 7) is 1.52. The van der Waals surface area contributed by atoms with Crippen LogP contribution in [0.3, 0.4) is 0 Å². The van der Waals surface area contributed by atoms with Gasteiger partial charge in [0.15, 0.2) is 5.79 Å². The quantitative estimate of drug-likeness (QED) is 0.733. The summed E-state index contributed by atoms with van der Waals surface area (Å²) in [4.78, 5) is 0. The Labute approximate surface area is 129 Å². The van der Waals surface area contributed by atoms with Gasteiger partial charge in [0.05, 0.1) is 41.8 Å². The number of hydrogen-bond acceptors (Lipinski definition) is 6. The highest BCUT2D eigenvalue weighted by Crippen LogP contribution is 2.41. The molecule has 4 N–H and O–H groups in total. The molecule has 2 fully saturated rings. The fourth-order valence-corrected chi connectivity index (χ4v) is 3.30. The van der Waals surface area contributed by atoms with E-state index in [1.165, 1.54) is 0 Å². The summed E-state index contributed by atoms with van der Waals surface area (Å²) in [6.07, 6.45) is 2.81. The van der Waals surface area contributed by atoms with Gasteiger partial charge in [0.25, 0.3) is 0 Å². The second-order valence-corrected chi connectivity index (χ2v) is 6.13. The molecule has 0 amide bonds. The van der Waals surface area contributed by atoms with Crippen molar-refractivity contribution in [1.29, 1.82) is 5.26 Å². The zero-order valence-electron chi connectivity index (χ0n) is 12.5. The van der Waals surface area contributed by atoms with Gasteiger partial charge >= 0.3 is 0 Å². The molecule has 1 aromatic carbocycles. The molecule has 6 heteroatoms. The van der Waals surface area contributed by atoms with E-state index in [0.717, 1.165) is 12.8 Å². The summed E-state index contributed by atoms with van der Waals surface area (Å²) >= 11 is 0.